The highest BCUT2D eigenvalue weighted by Crippen LogP contribution is 2.59. The number of nitro groups is 2. The fraction of sp³-hybridized carbons (Fsp3) is 0.250. The van der Waals surface area contributed by atoms with Crippen LogP contribution >= 0.6 is 34.0 Å². The molecule has 10 nitrogen and oxygen atoms in total. The molecule has 13 heteroatoms. The van der Waals surface area contributed by atoms with Gasteiger partial charge in [0.2, 0.25) is 0 Å². The maximum Gasteiger partial charge on any atom is 0.366 e. The summed E-state index contributed by atoms with van der Waals surface area (Å²) >= 11 is 3.35. The number of fused-ring (bicyclic) bond motifs is 2. The molecular formula is C16H10N2O8S3. The lowest BCUT2D eigenvalue weighted by Gasteiger charge is -2.15. The minimum Gasteiger partial charge on any atom is -0.485 e. The molecule has 0 fully saturated rings. The number of hydrogen-bond donors (Lipinski definition) is 0. The minimum atomic E-state index is -0.722. The molecule has 0 unspecified atom stereocenters. The van der Waals surface area contributed by atoms with E-state index in [1.165, 1.54) is 22.7 Å². The lowest BCUT2D eigenvalue weighted by atomic mass is 10.2. The van der Waals surface area contributed by atoms with Crippen molar-refractivity contribution < 1.29 is 28.8 Å². The van der Waals surface area contributed by atoms with E-state index in [0.29, 0.717) is 59.2 Å². The fourth-order valence-electron chi connectivity index (χ4n) is 3.10. The van der Waals surface area contributed by atoms with E-state index in [4.69, 9.17) is 18.9 Å². The van der Waals surface area contributed by atoms with Gasteiger partial charge in [-0.15, -0.1) is 34.0 Å². The Morgan fingerprint density at radius 3 is 1.52 bits per heavy atom. The van der Waals surface area contributed by atoms with E-state index in [9.17, 15) is 20.2 Å². The molecule has 150 valence electrons. The van der Waals surface area contributed by atoms with Crippen molar-refractivity contribution in [2.75, 3.05) is 26.4 Å². The van der Waals surface area contributed by atoms with Gasteiger partial charge in [0.1, 0.15) is 36.2 Å². The van der Waals surface area contributed by atoms with E-state index in [1.807, 2.05) is 0 Å². The summed E-state index contributed by atoms with van der Waals surface area (Å²) in [6.45, 7) is 1.35. The standard InChI is InChI=1S/C16H10N2O8S3/c19-17(20)9-10(18(21)22)14(16-12-8(6-28-16)24-2-4-26-12)29-13(9)15-11-7(5-27-15)23-1-3-25-11/h5-6H,1-4H2. The van der Waals surface area contributed by atoms with Crippen LogP contribution in [-0.4, -0.2) is 36.3 Å². The molecule has 29 heavy (non-hydrogen) atoms. The molecule has 0 atom stereocenters. The molecule has 5 rings (SSSR count). The third-order valence-corrected chi connectivity index (χ3v) is 7.61. The van der Waals surface area contributed by atoms with Crippen molar-refractivity contribution in [2.45, 2.75) is 0 Å². The second-order valence-electron chi connectivity index (χ2n) is 5.88. The SMILES string of the molecule is O=[N+]([O-])c1c(-c2scc3c2OCCO3)sc(-c2scc3c2OCCO3)c1[N+](=O)[O-]. The first kappa shape index (κ1) is 18.1. The third kappa shape index (κ3) is 2.81. The smallest absolute Gasteiger partial charge is 0.366 e. The van der Waals surface area contributed by atoms with E-state index in [2.05, 4.69) is 0 Å². The topological polar surface area (TPSA) is 123 Å². The molecule has 3 aromatic rings. The monoisotopic (exact) mass is 454 g/mol. The van der Waals surface area contributed by atoms with E-state index in [0.717, 1.165) is 11.3 Å². The summed E-state index contributed by atoms with van der Waals surface area (Å²) in [5.41, 5.74) is -1.12. The number of rotatable bonds is 4. The summed E-state index contributed by atoms with van der Waals surface area (Å²) < 4.78 is 22.3. The normalized spacial score (nSPS) is 14.6. The van der Waals surface area contributed by atoms with Gasteiger partial charge in [-0.1, -0.05) is 0 Å². The van der Waals surface area contributed by atoms with Gasteiger partial charge in [0.15, 0.2) is 23.0 Å². The van der Waals surface area contributed by atoms with Gasteiger partial charge in [0, 0.05) is 10.8 Å². The highest BCUT2D eigenvalue weighted by Gasteiger charge is 2.42. The highest BCUT2D eigenvalue weighted by molar-refractivity contribution is 7.27. The Hall–Kier alpha value is -2.90. The fourth-order valence-corrected chi connectivity index (χ4v) is 6.49. The van der Waals surface area contributed by atoms with Crippen molar-refractivity contribution in [3.63, 3.8) is 0 Å². The van der Waals surface area contributed by atoms with Gasteiger partial charge in [-0.3, -0.25) is 20.2 Å². The van der Waals surface area contributed by atoms with Crippen molar-refractivity contribution in [3.05, 3.63) is 31.0 Å². The van der Waals surface area contributed by atoms with E-state index in [1.54, 1.807) is 10.8 Å². The van der Waals surface area contributed by atoms with E-state index in [-0.39, 0.29) is 9.75 Å². The summed E-state index contributed by atoms with van der Waals surface area (Å²) in [6.07, 6.45) is 0. The molecule has 2 aliphatic rings. The molecule has 0 saturated heterocycles. The number of thiophene rings is 3. The van der Waals surface area contributed by atoms with Crippen molar-refractivity contribution in [2.24, 2.45) is 0 Å². The zero-order chi connectivity index (χ0) is 20.1. The predicted octanol–water partition coefficient (Wildman–Crippen LogP) is 4.56. The minimum absolute atomic E-state index is 0.160. The van der Waals surface area contributed by atoms with Gasteiger partial charge >= 0.3 is 11.4 Å². The van der Waals surface area contributed by atoms with Crippen LogP contribution in [0.25, 0.3) is 19.5 Å². The first-order valence-electron chi connectivity index (χ1n) is 8.26. The molecule has 0 saturated carbocycles. The average Bonchev–Trinajstić information content (AvgIpc) is 3.41. The van der Waals surface area contributed by atoms with Crippen LogP contribution in [0.5, 0.6) is 23.0 Å². The van der Waals surface area contributed by atoms with Crippen molar-refractivity contribution >= 4 is 45.4 Å². The Bertz CT molecular complexity index is 1060. The van der Waals surface area contributed by atoms with Crippen molar-refractivity contribution in [1.29, 1.82) is 0 Å². The molecular weight excluding hydrogens is 444 g/mol. The Morgan fingerprint density at radius 1 is 0.690 bits per heavy atom. The quantitative estimate of drug-likeness (QED) is 0.415. The van der Waals surface area contributed by atoms with Crippen LogP contribution in [-0.2, 0) is 0 Å². The van der Waals surface area contributed by atoms with Crippen molar-refractivity contribution in [1.82, 2.24) is 0 Å². The van der Waals surface area contributed by atoms with Gasteiger partial charge in [-0.05, 0) is 0 Å². The lowest BCUT2D eigenvalue weighted by molar-refractivity contribution is -0.420. The van der Waals surface area contributed by atoms with Gasteiger partial charge in [-0.2, -0.15) is 0 Å². The first-order valence-corrected chi connectivity index (χ1v) is 10.8. The van der Waals surface area contributed by atoms with Crippen LogP contribution in [0.1, 0.15) is 0 Å². The predicted molar refractivity (Wildman–Crippen MR) is 106 cm³/mol. The molecule has 0 bridgehead atoms. The maximum absolute atomic E-state index is 11.9. The number of ether oxygens (including phenoxy) is 4. The van der Waals surface area contributed by atoms with Gasteiger partial charge in [0.25, 0.3) is 0 Å². The van der Waals surface area contributed by atoms with E-state index >= 15 is 0 Å². The number of hydrogen-bond acceptors (Lipinski definition) is 11. The average molecular weight is 454 g/mol. The van der Waals surface area contributed by atoms with Crippen LogP contribution in [0.4, 0.5) is 11.4 Å². The largest absolute Gasteiger partial charge is 0.485 e. The molecule has 0 spiro atoms. The van der Waals surface area contributed by atoms with Gasteiger partial charge < -0.3 is 18.9 Å². The second-order valence-corrected chi connectivity index (χ2v) is 8.66. The van der Waals surface area contributed by atoms with E-state index < -0.39 is 21.2 Å². The van der Waals surface area contributed by atoms with Crippen LogP contribution in [0.15, 0.2) is 10.8 Å². The van der Waals surface area contributed by atoms with Crippen LogP contribution in [0.2, 0.25) is 0 Å². The Morgan fingerprint density at radius 2 is 1.10 bits per heavy atom. The van der Waals surface area contributed by atoms with Crippen LogP contribution in [0.3, 0.4) is 0 Å². The molecule has 2 aliphatic heterocycles. The lowest BCUT2D eigenvalue weighted by Crippen LogP contribution is -2.14. The molecule has 5 heterocycles. The summed E-state index contributed by atoms with van der Waals surface area (Å²) in [5, 5.41) is 27.1. The zero-order valence-electron chi connectivity index (χ0n) is 14.4. The molecule has 0 aromatic carbocycles. The van der Waals surface area contributed by atoms with Gasteiger partial charge in [-0.25, -0.2) is 0 Å². The molecule has 3 aromatic heterocycles. The number of nitrogens with zero attached hydrogens (tertiary/aromatic N) is 2. The van der Waals surface area contributed by atoms with Crippen LogP contribution in [0, 0.1) is 20.2 Å². The second kappa shape index (κ2) is 6.86. The Kier molecular flexibility index (Phi) is 4.29. The summed E-state index contributed by atoms with van der Waals surface area (Å²) in [7, 11) is 0. The Labute approximate surface area is 174 Å². The van der Waals surface area contributed by atoms with Gasteiger partial charge in [0.05, 0.1) is 19.6 Å². The van der Waals surface area contributed by atoms with Crippen LogP contribution < -0.4 is 18.9 Å². The summed E-state index contributed by atoms with van der Waals surface area (Å²) in [4.78, 5) is 23.5. The third-order valence-electron chi connectivity index (χ3n) is 4.24. The summed E-state index contributed by atoms with van der Waals surface area (Å²) in [6, 6.07) is 0. The Balaban J connectivity index is 1.76. The molecule has 0 radical (unpaired) electrons. The highest BCUT2D eigenvalue weighted by atomic mass is 32.1. The zero-order valence-corrected chi connectivity index (χ0v) is 16.8. The first-order chi connectivity index (χ1) is 14.1. The van der Waals surface area contributed by atoms with Crippen molar-refractivity contribution in [3.8, 4) is 42.5 Å². The molecule has 0 aliphatic carbocycles. The molecule has 0 amide bonds. The maximum atomic E-state index is 11.9. The summed E-state index contributed by atoms with van der Waals surface area (Å²) in [5.74, 6) is 1.71. The molecule has 0 N–H and O–H groups in total.